The van der Waals surface area contributed by atoms with E-state index in [0.29, 0.717) is 0 Å². The first-order valence-electron chi connectivity index (χ1n) is 4.35. The number of carbonyl (C=O) groups is 1. The predicted octanol–water partition coefficient (Wildman–Crippen LogP) is 0.0932. The van der Waals surface area contributed by atoms with Gasteiger partial charge in [0.05, 0.1) is 0 Å². The van der Waals surface area contributed by atoms with Gasteiger partial charge in [-0.25, -0.2) is 4.79 Å². The molecule has 0 atom stereocenters. The minimum atomic E-state index is -0.943. The number of rotatable bonds is 5. The molecule has 1 aromatic carbocycles. The van der Waals surface area contributed by atoms with Crippen LogP contribution in [0.25, 0.3) is 0 Å². The van der Waals surface area contributed by atoms with Crippen LogP contribution in [0.2, 0.25) is 0 Å². The summed E-state index contributed by atoms with van der Waals surface area (Å²) < 4.78 is 14.5. The maximum absolute atomic E-state index is 11.3. The Hall–Kier alpha value is -1.17. The number of methoxy groups -OCH3 is 2. The summed E-state index contributed by atoms with van der Waals surface area (Å²) in [5.74, 6) is -0.512. The van der Waals surface area contributed by atoms with Crippen molar-refractivity contribution in [2.24, 2.45) is 0 Å². The Morgan fingerprint density at radius 3 is 2.33 bits per heavy atom. The van der Waals surface area contributed by atoms with E-state index >= 15 is 0 Å². The molecule has 0 saturated carbocycles. The van der Waals surface area contributed by atoms with Crippen LogP contribution in [-0.4, -0.2) is 36.2 Å². The molecule has 5 heteroatoms. The quantitative estimate of drug-likeness (QED) is 0.525. The van der Waals surface area contributed by atoms with Crippen molar-refractivity contribution in [1.82, 2.24) is 0 Å². The van der Waals surface area contributed by atoms with E-state index in [0.717, 1.165) is 5.19 Å². The lowest BCUT2D eigenvalue weighted by Gasteiger charge is -2.11. The molecule has 0 fully saturated rings. The van der Waals surface area contributed by atoms with Crippen LogP contribution in [0.3, 0.4) is 0 Å². The highest BCUT2D eigenvalue weighted by molar-refractivity contribution is 6.48. The average molecular weight is 224 g/mol. The Morgan fingerprint density at radius 1 is 1.20 bits per heavy atom. The van der Waals surface area contributed by atoms with E-state index in [4.69, 9.17) is 13.9 Å². The molecule has 4 nitrogen and oxygen atoms in total. The molecule has 1 rings (SSSR count). The summed E-state index contributed by atoms with van der Waals surface area (Å²) in [7, 11) is 2.75. The molecule has 80 valence electrons. The van der Waals surface area contributed by atoms with Gasteiger partial charge in [0, 0.05) is 14.2 Å². The summed E-state index contributed by atoms with van der Waals surface area (Å²) in [6, 6.07) is 9.46. The lowest BCUT2D eigenvalue weighted by atomic mass is 10.4. The van der Waals surface area contributed by atoms with Gasteiger partial charge in [0.2, 0.25) is 0 Å². The van der Waals surface area contributed by atoms with Crippen LogP contribution < -0.4 is 5.19 Å². The van der Waals surface area contributed by atoms with E-state index in [2.05, 4.69) is 0 Å². The Labute approximate surface area is 91.1 Å². The van der Waals surface area contributed by atoms with Gasteiger partial charge in [0.25, 0.3) is 6.29 Å². The SMILES string of the molecule is COC(OC)C(=O)O[Si]c1ccccc1. The third-order valence-corrected chi connectivity index (χ3v) is 2.54. The smallest absolute Gasteiger partial charge is 0.355 e. The second-order valence-corrected chi connectivity index (χ2v) is 3.68. The molecule has 0 unspecified atom stereocenters. The molecular formula is C10H12O4Si. The van der Waals surface area contributed by atoms with Gasteiger partial charge in [-0.1, -0.05) is 30.3 Å². The number of carbonyl (C=O) groups excluding carboxylic acids is 1. The van der Waals surface area contributed by atoms with E-state index in [9.17, 15) is 4.79 Å². The van der Waals surface area contributed by atoms with Crippen molar-refractivity contribution in [3.8, 4) is 0 Å². The number of benzene rings is 1. The average Bonchev–Trinajstić information content (AvgIpc) is 2.29. The van der Waals surface area contributed by atoms with Crippen LogP contribution in [0, 0.1) is 0 Å². The summed E-state index contributed by atoms with van der Waals surface area (Å²) in [6.45, 7) is 0. The first kappa shape index (κ1) is 11.9. The van der Waals surface area contributed by atoms with Gasteiger partial charge in [-0.05, 0) is 5.19 Å². The maximum Gasteiger partial charge on any atom is 0.355 e. The summed E-state index contributed by atoms with van der Waals surface area (Å²) in [5.41, 5.74) is 0. The summed E-state index contributed by atoms with van der Waals surface area (Å²) >= 11 is 0. The fourth-order valence-electron chi connectivity index (χ4n) is 0.952. The van der Waals surface area contributed by atoms with Crippen LogP contribution in [0.4, 0.5) is 0 Å². The van der Waals surface area contributed by atoms with Crippen LogP contribution >= 0.6 is 0 Å². The van der Waals surface area contributed by atoms with Crippen molar-refractivity contribution < 1.29 is 18.7 Å². The number of hydrogen-bond acceptors (Lipinski definition) is 4. The molecule has 0 spiro atoms. The first-order chi connectivity index (χ1) is 7.27. The fraction of sp³-hybridized carbons (Fsp3) is 0.300. The Balaban J connectivity index is 2.40. The second kappa shape index (κ2) is 6.34. The van der Waals surface area contributed by atoms with Gasteiger partial charge < -0.3 is 13.9 Å². The molecule has 15 heavy (non-hydrogen) atoms. The van der Waals surface area contributed by atoms with Crippen molar-refractivity contribution in [2.45, 2.75) is 6.29 Å². The van der Waals surface area contributed by atoms with Crippen LogP contribution in [0.5, 0.6) is 0 Å². The molecule has 0 aromatic heterocycles. The summed E-state index contributed by atoms with van der Waals surface area (Å²) in [6.07, 6.45) is -0.943. The molecule has 0 aliphatic rings. The number of ether oxygens (including phenoxy) is 2. The predicted molar refractivity (Wildman–Crippen MR) is 55.7 cm³/mol. The van der Waals surface area contributed by atoms with Crippen molar-refractivity contribution in [3.63, 3.8) is 0 Å². The van der Waals surface area contributed by atoms with Crippen molar-refractivity contribution in [1.29, 1.82) is 0 Å². The standard InChI is InChI=1S/C10H12O4Si/c1-12-10(13-2)9(11)14-15-8-6-4-3-5-7-8/h3-7,10H,1-2H3. The van der Waals surface area contributed by atoms with E-state index in [1.54, 1.807) is 0 Å². The molecule has 1 aromatic rings. The van der Waals surface area contributed by atoms with Crippen molar-refractivity contribution in [3.05, 3.63) is 30.3 Å². The fourth-order valence-corrected chi connectivity index (χ4v) is 1.60. The molecule has 0 bridgehead atoms. The first-order valence-corrected chi connectivity index (χ1v) is 5.26. The number of hydrogen-bond donors (Lipinski definition) is 0. The maximum atomic E-state index is 11.3. The van der Waals surface area contributed by atoms with Crippen molar-refractivity contribution in [2.75, 3.05) is 14.2 Å². The van der Waals surface area contributed by atoms with Crippen molar-refractivity contribution >= 4 is 20.9 Å². The Morgan fingerprint density at radius 2 is 1.80 bits per heavy atom. The van der Waals surface area contributed by atoms with Gasteiger partial charge in [-0.2, -0.15) is 0 Å². The lowest BCUT2D eigenvalue weighted by Crippen LogP contribution is -2.31. The van der Waals surface area contributed by atoms with Crippen LogP contribution in [0.1, 0.15) is 0 Å². The second-order valence-electron chi connectivity index (χ2n) is 2.69. The Bertz CT molecular complexity index is 298. The molecule has 0 N–H and O–H groups in total. The molecule has 0 saturated heterocycles. The highest BCUT2D eigenvalue weighted by Gasteiger charge is 2.18. The zero-order valence-corrected chi connectivity index (χ0v) is 9.60. The third kappa shape index (κ3) is 3.82. The van der Waals surface area contributed by atoms with E-state index in [-0.39, 0.29) is 9.76 Å². The minimum Gasteiger partial charge on any atom is -0.508 e. The van der Waals surface area contributed by atoms with Gasteiger partial charge in [-0.3, -0.25) is 0 Å². The molecule has 0 aliphatic carbocycles. The highest BCUT2D eigenvalue weighted by Crippen LogP contribution is 1.94. The van der Waals surface area contributed by atoms with Gasteiger partial charge in [0.15, 0.2) is 0 Å². The zero-order chi connectivity index (χ0) is 11.1. The summed E-state index contributed by atoms with van der Waals surface area (Å²) in [5, 5.41) is 0.955. The largest absolute Gasteiger partial charge is 0.508 e. The van der Waals surface area contributed by atoms with E-state index in [1.165, 1.54) is 14.2 Å². The highest BCUT2D eigenvalue weighted by atomic mass is 28.2. The van der Waals surface area contributed by atoms with Crippen LogP contribution in [0.15, 0.2) is 30.3 Å². The Kier molecular flexibility index (Phi) is 5.03. The van der Waals surface area contributed by atoms with Gasteiger partial charge in [0.1, 0.15) is 0 Å². The lowest BCUT2D eigenvalue weighted by molar-refractivity contribution is -0.173. The van der Waals surface area contributed by atoms with E-state index < -0.39 is 12.3 Å². The molecule has 0 aliphatic heterocycles. The molecule has 2 radical (unpaired) electrons. The zero-order valence-electron chi connectivity index (χ0n) is 8.60. The third-order valence-electron chi connectivity index (χ3n) is 1.66. The van der Waals surface area contributed by atoms with E-state index in [1.807, 2.05) is 30.3 Å². The molecule has 0 amide bonds. The molecular weight excluding hydrogens is 212 g/mol. The monoisotopic (exact) mass is 224 g/mol. The van der Waals surface area contributed by atoms with Crippen LogP contribution in [-0.2, 0) is 18.7 Å². The minimum absolute atomic E-state index is 0.0259. The molecule has 0 heterocycles. The van der Waals surface area contributed by atoms with Gasteiger partial charge in [-0.15, -0.1) is 0 Å². The van der Waals surface area contributed by atoms with Gasteiger partial charge >= 0.3 is 15.7 Å². The topological polar surface area (TPSA) is 44.8 Å². The normalized spacial score (nSPS) is 10.3. The summed E-state index contributed by atoms with van der Waals surface area (Å²) in [4.78, 5) is 11.3.